The molecule has 0 spiro atoms. The molecule has 4 N–H and O–H groups in total. The van der Waals surface area contributed by atoms with Crippen molar-refractivity contribution in [3.8, 4) is 11.1 Å². The Morgan fingerprint density at radius 3 is 2.42 bits per heavy atom. The SMILES string of the molecule is COCc1c(-c2cc(F)c(NC(=O)Nc3cc(C(F)(F)F)ccc3F)c(F)c2)c2c(N)ncnn2c1CN1CCOCC1. The number of alkyl halides is 3. The number of aromatic nitrogens is 3. The van der Waals surface area contributed by atoms with Crippen LogP contribution < -0.4 is 16.4 Å². The molecule has 5 rings (SSSR count). The van der Waals surface area contributed by atoms with Crippen LogP contribution in [0.4, 0.5) is 48.3 Å². The van der Waals surface area contributed by atoms with Gasteiger partial charge in [0.05, 0.1) is 36.8 Å². The average Bonchev–Trinajstić information content (AvgIpc) is 3.26. The van der Waals surface area contributed by atoms with Gasteiger partial charge in [0.2, 0.25) is 0 Å². The highest BCUT2D eigenvalue weighted by Crippen LogP contribution is 2.38. The molecule has 43 heavy (non-hydrogen) atoms. The number of nitrogens with one attached hydrogen (secondary N) is 2. The Balaban J connectivity index is 1.50. The fourth-order valence-corrected chi connectivity index (χ4v) is 4.87. The predicted octanol–water partition coefficient (Wildman–Crippen LogP) is 5.04. The van der Waals surface area contributed by atoms with Gasteiger partial charge in [0, 0.05) is 37.9 Å². The van der Waals surface area contributed by atoms with Crippen molar-refractivity contribution >= 4 is 28.7 Å². The van der Waals surface area contributed by atoms with E-state index >= 15 is 8.78 Å². The number of ether oxygens (including phenoxy) is 2. The number of carbonyl (C=O) groups is 1. The number of benzene rings is 2. The first-order valence-corrected chi connectivity index (χ1v) is 12.8. The number of halogens is 6. The zero-order chi connectivity index (χ0) is 30.9. The van der Waals surface area contributed by atoms with Gasteiger partial charge >= 0.3 is 12.2 Å². The van der Waals surface area contributed by atoms with Crippen LogP contribution in [0, 0.1) is 17.5 Å². The summed E-state index contributed by atoms with van der Waals surface area (Å²) >= 11 is 0. The van der Waals surface area contributed by atoms with E-state index in [0.717, 1.165) is 12.1 Å². The lowest BCUT2D eigenvalue weighted by atomic mass is 10.00. The molecule has 4 aromatic rings. The van der Waals surface area contributed by atoms with Crippen molar-refractivity contribution in [1.82, 2.24) is 19.5 Å². The largest absolute Gasteiger partial charge is 0.416 e. The topological polar surface area (TPSA) is 119 Å². The van der Waals surface area contributed by atoms with E-state index in [2.05, 4.69) is 15.0 Å². The highest BCUT2D eigenvalue weighted by molar-refractivity contribution is 6.00. The van der Waals surface area contributed by atoms with Gasteiger partial charge in [-0.15, -0.1) is 0 Å². The molecule has 0 atom stereocenters. The molecule has 0 bridgehead atoms. The summed E-state index contributed by atoms with van der Waals surface area (Å²) in [4.78, 5) is 18.6. The lowest BCUT2D eigenvalue weighted by Gasteiger charge is -2.26. The van der Waals surface area contributed by atoms with Gasteiger partial charge in [0.15, 0.2) is 5.82 Å². The maximum atomic E-state index is 15.4. The Morgan fingerprint density at radius 2 is 1.77 bits per heavy atom. The number of urea groups is 1. The van der Waals surface area contributed by atoms with Gasteiger partial charge in [0.25, 0.3) is 0 Å². The highest BCUT2D eigenvalue weighted by Gasteiger charge is 2.31. The van der Waals surface area contributed by atoms with Crippen LogP contribution in [0.1, 0.15) is 16.8 Å². The first-order valence-electron chi connectivity index (χ1n) is 12.8. The van der Waals surface area contributed by atoms with E-state index in [-0.39, 0.29) is 23.5 Å². The monoisotopic (exact) mass is 609 g/mol. The number of fused-ring (bicyclic) bond motifs is 1. The summed E-state index contributed by atoms with van der Waals surface area (Å²) < 4.78 is 96.2. The van der Waals surface area contributed by atoms with Gasteiger partial charge in [-0.05, 0) is 35.9 Å². The maximum Gasteiger partial charge on any atom is 0.416 e. The van der Waals surface area contributed by atoms with Crippen LogP contribution in [0.5, 0.6) is 0 Å². The van der Waals surface area contributed by atoms with E-state index in [4.69, 9.17) is 15.2 Å². The van der Waals surface area contributed by atoms with Crippen molar-refractivity contribution in [3.63, 3.8) is 0 Å². The van der Waals surface area contributed by atoms with Crippen LogP contribution >= 0.6 is 0 Å². The Kier molecular flexibility index (Phi) is 8.43. The molecule has 16 heteroatoms. The van der Waals surface area contributed by atoms with Crippen LogP contribution in [0.15, 0.2) is 36.7 Å². The number of nitrogen functional groups attached to an aromatic ring is 1. The molecule has 1 aliphatic rings. The lowest BCUT2D eigenvalue weighted by molar-refractivity contribution is -0.137. The number of methoxy groups -OCH3 is 1. The third kappa shape index (κ3) is 6.21. The second-order valence-electron chi connectivity index (χ2n) is 9.61. The van der Waals surface area contributed by atoms with Crippen molar-refractivity contribution in [1.29, 1.82) is 0 Å². The van der Waals surface area contributed by atoms with E-state index in [1.165, 1.54) is 13.4 Å². The number of hydrogen-bond acceptors (Lipinski definition) is 7. The number of hydrogen-bond donors (Lipinski definition) is 3. The predicted molar refractivity (Wildman–Crippen MR) is 144 cm³/mol. The number of nitrogens with zero attached hydrogens (tertiary/aromatic N) is 4. The highest BCUT2D eigenvalue weighted by atomic mass is 19.4. The summed E-state index contributed by atoms with van der Waals surface area (Å²) in [5, 5.41) is 8.06. The molecule has 0 radical (unpaired) electrons. The van der Waals surface area contributed by atoms with Crippen LogP contribution in [-0.4, -0.2) is 58.9 Å². The molecule has 1 aliphatic heterocycles. The molecule has 2 amide bonds. The molecule has 0 aliphatic carbocycles. The number of morpholine rings is 1. The van der Waals surface area contributed by atoms with E-state index in [1.54, 1.807) is 4.52 Å². The fourth-order valence-electron chi connectivity index (χ4n) is 4.87. The number of amides is 2. The first-order chi connectivity index (χ1) is 20.5. The van der Waals surface area contributed by atoms with Gasteiger partial charge in [-0.1, -0.05) is 0 Å². The van der Waals surface area contributed by atoms with Gasteiger partial charge in [-0.2, -0.15) is 18.3 Å². The third-order valence-corrected chi connectivity index (χ3v) is 6.84. The first kappa shape index (κ1) is 30.1. The van der Waals surface area contributed by atoms with E-state index < -0.39 is 46.6 Å². The summed E-state index contributed by atoms with van der Waals surface area (Å²) in [6.07, 6.45) is -3.55. The summed E-state index contributed by atoms with van der Waals surface area (Å²) in [6, 6.07) is 1.89. The fraction of sp³-hybridized carbons (Fsp3) is 0.296. The molecule has 228 valence electrons. The lowest BCUT2D eigenvalue weighted by Crippen LogP contribution is -2.36. The van der Waals surface area contributed by atoms with Crippen molar-refractivity contribution in [2.45, 2.75) is 19.3 Å². The molecule has 0 saturated carbocycles. The molecule has 1 fully saturated rings. The number of carbonyl (C=O) groups excluding carboxylic acids is 1. The maximum absolute atomic E-state index is 15.4. The van der Waals surface area contributed by atoms with Gasteiger partial charge in [-0.3, -0.25) is 4.90 Å². The standard InChI is InChI=1S/C27H25F6N7O3/c1-42-12-16-21(11-39-4-6-43-7-5-39)40-24(25(34)35-13-36-40)22(16)14-8-18(29)23(19(30)9-14)38-26(41)37-20-10-15(27(31,32)33)2-3-17(20)28/h2-3,8-10,13H,4-7,11-12H2,1H3,(H2,34,35,36)(H2,37,38,41). The van der Waals surface area contributed by atoms with E-state index in [9.17, 15) is 22.4 Å². The normalized spacial score (nSPS) is 14.3. The Hall–Kier alpha value is -4.41. The van der Waals surface area contributed by atoms with Crippen LogP contribution in [0.25, 0.3) is 16.6 Å². The molecule has 1 saturated heterocycles. The molecule has 10 nitrogen and oxygen atoms in total. The molecule has 2 aromatic heterocycles. The minimum Gasteiger partial charge on any atom is -0.382 e. The smallest absolute Gasteiger partial charge is 0.382 e. The summed E-state index contributed by atoms with van der Waals surface area (Å²) in [5.41, 5.74) is 5.07. The average molecular weight is 610 g/mol. The Labute approximate surface area is 240 Å². The van der Waals surface area contributed by atoms with Crippen LogP contribution in [-0.2, 0) is 28.8 Å². The Morgan fingerprint density at radius 1 is 1.07 bits per heavy atom. The zero-order valence-corrected chi connectivity index (χ0v) is 22.6. The molecule has 0 unspecified atom stereocenters. The number of rotatable bonds is 7. The molecular weight excluding hydrogens is 584 g/mol. The quantitative estimate of drug-likeness (QED) is 0.252. The second-order valence-corrected chi connectivity index (χ2v) is 9.61. The molecule has 2 aromatic carbocycles. The van der Waals surface area contributed by atoms with Crippen molar-refractivity contribution < 1.29 is 40.6 Å². The van der Waals surface area contributed by atoms with Gasteiger partial charge in [-0.25, -0.2) is 27.5 Å². The zero-order valence-electron chi connectivity index (χ0n) is 22.6. The second kappa shape index (κ2) is 12.1. The van der Waals surface area contributed by atoms with Crippen molar-refractivity contribution in [3.05, 3.63) is 70.9 Å². The molecular formula is C27H25F6N7O3. The minimum atomic E-state index is -4.81. The van der Waals surface area contributed by atoms with E-state index in [0.29, 0.717) is 67.9 Å². The van der Waals surface area contributed by atoms with Crippen molar-refractivity contribution in [2.24, 2.45) is 0 Å². The van der Waals surface area contributed by atoms with E-state index in [1.807, 2.05) is 10.6 Å². The van der Waals surface area contributed by atoms with Gasteiger partial charge in [0.1, 0.15) is 35.0 Å². The van der Waals surface area contributed by atoms with Gasteiger partial charge < -0.3 is 25.8 Å². The van der Waals surface area contributed by atoms with Crippen LogP contribution in [0.3, 0.4) is 0 Å². The number of anilines is 3. The summed E-state index contributed by atoms with van der Waals surface area (Å²) in [5.74, 6) is -3.58. The van der Waals surface area contributed by atoms with Crippen molar-refractivity contribution in [2.75, 3.05) is 49.8 Å². The third-order valence-electron chi connectivity index (χ3n) is 6.84. The number of nitrogens with two attached hydrogens (primary N) is 1. The molecule has 3 heterocycles. The summed E-state index contributed by atoms with van der Waals surface area (Å²) in [6.45, 7) is 2.79. The summed E-state index contributed by atoms with van der Waals surface area (Å²) in [7, 11) is 1.46. The van der Waals surface area contributed by atoms with Crippen LogP contribution in [0.2, 0.25) is 0 Å². The Bertz CT molecular complexity index is 1650. The minimum absolute atomic E-state index is 0.0316.